The predicted octanol–water partition coefficient (Wildman–Crippen LogP) is 5.15. The molecule has 0 aliphatic carbocycles. The van der Waals surface area contributed by atoms with Gasteiger partial charge in [0.2, 0.25) is 0 Å². The Morgan fingerprint density at radius 1 is 1.06 bits per heavy atom. The van der Waals surface area contributed by atoms with Gasteiger partial charge in [-0.2, -0.15) is 5.10 Å². The molecule has 4 rings (SSSR count). The number of rotatable bonds is 5. The number of urea groups is 1. The van der Waals surface area contributed by atoms with Crippen molar-refractivity contribution in [1.82, 2.24) is 15.2 Å². The molecule has 2 fully saturated rings. The van der Waals surface area contributed by atoms with Gasteiger partial charge in [-0.05, 0) is 93.2 Å². The lowest BCUT2D eigenvalue weighted by Gasteiger charge is -2.40. The highest BCUT2D eigenvalue weighted by molar-refractivity contribution is 6.33. The van der Waals surface area contributed by atoms with E-state index in [9.17, 15) is 9.18 Å². The third-order valence-corrected chi connectivity index (χ3v) is 7.03. The first-order valence-electron chi connectivity index (χ1n) is 12.3. The Bertz CT molecular complexity index is 1070. The number of hydrazone groups is 1. The van der Waals surface area contributed by atoms with Crippen LogP contribution in [-0.4, -0.2) is 53.8 Å². The van der Waals surface area contributed by atoms with E-state index in [1.807, 2.05) is 24.0 Å². The molecule has 6 nitrogen and oxygen atoms in total. The second kappa shape index (κ2) is 11.7. The van der Waals surface area contributed by atoms with Gasteiger partial charge in [-0.25, -0.2) is 14.6 Å². The average Bonchev–Trinajstić information content (AvgIpc) is 2.87. The number of nitrogens with one attached hydrogen (secondary N) is 1. The lowest BCUT2D eigenvalue weighted by atomic mass is 9.95. The molecule has 2 aromatic carbocycles. The molecule has 35 heavy (non-hydrogen) atoms. The van der Waals surface area contributed by atoms with E-state index in [4.69, 9.17) is 17.3 Å². The van der Waals surface area contributed by atoms with Gasteiger partial charge in [0.25, 0.3) is 0 Å². The summed E-state index contributed by atoms with van der Waals surface area (Å²) in [7, 11) is 0. The summed E-state index contributed by atoms with van der Waals surface area (Å²) in [6.07, 6.45) is 7.23. The van der Waals surface area contributed by atoms with Gasteiger partial charge < -0.3 is 15.5 Å². The summed E-state index contributed by atoms with van der Waals surface area (Å²) in [5.41, 5.74) is 12.1. The zero-order valence-electron chi connectivity index (χ0n) is 20.1. The summed E-state index contributed by atoms with van der Waals surface area (Å²) < 4.78 is 13.6. The minimum absolute atomic E-state index is 0.250. The number of amides is 2. The third-order valence-electron chi connectivity index (χ3n) is 6.81. The number of nitrogens with zero attached hydrogens (tertiary/aromatic N) is 3. The standard InChI is InChI=1S/C27H33ClFN5O/c1-19-15-21(17-22(28)16-19)25(18-30)26(20-5-7-23(29)8-6-20)31-32-27(35)34-13-9-24(10-14-34)33-11-3-2-4-12-33/h5-8,15-18,24H,2-4,9-14,30H2,1H3,(H,32,35). The fraction of sp³-hybridized carbons (Fsp3) is 0.407. The second-order valence-electron chi connectivity index (χ2n) is 9.30. The van der Waals surface area contributed by atoms with Gasteiger partial charge in [-0.3, -0.25) is 0 Å². The monoisotopic (exact) mass is 497 g/mol. The van der Waals surface area contributed by atoms with E-state index in [0.717, 1.165) is 24.0 Å². The van der Waals surface area contributed by atoms with Crippen molar-refractivity contribution in [1.29, 1.82) is 0 Å². The number of hydrogen-bond acceptors (Lipinski definition) is 4. The number of halogens is 2. The van der Waals surface area contributed by atoms with E-state index >= 15 is 0 Å². The van der Waals surface area contributed by atoms with Crippen molar-refractivity contribution >= 4 is 28.9 Å². The largest absolute Gasteiger partial charge is 0.404 e. The van der Waals surface area contributed by atoms with Crippen LogP contribution < -0.4 is 11.2 Å². The van der Waals surface area contributed by atoms with Crippen molar-refractivity contribution in [2.75, 3.05) is 26.2 Å². The van der Waals surface area contributed by atoms with Crippen LogP contribution in [0, 0.1) is 12.7 Å². The fourth-order valence-electron chi connectivity index (χ4n) is 4.98. The first-order chi connectivity index (χ1) is 16.9. The van der Waals surface area contributed by atoms with Crippen LogP contribution in [0.5, 0.6) is 0 Å². The summed E-state index contributed by atoms with van der Waals surface area (Å²) in [5, 5.41) is 5.03. The minimum atomic E-state index is -0.356. The number of carbonyl (C=O) groups excluding carboxylic acids is 1. The molecule has 0 spiro atoms. The number of allylic oxidation sites excluding steroid dienone is 1. The molecule has 0 saturated carbocycles. The molecular weight excluding hydrogens is 465 g/mol. The predicted molar refractivity (Wildman–Crippen MR) is 140 cm³/mol. The van der Waals surface area contributed by atoms with Crippen LogP contribution in [-0.2, 0) is 0 Å². The van der Waals surface area contributed by atoms with Crippen LogP contribution in [0.15, 0.2) is 53.8 Å². The number of hydrogen-bond donors (Lipinski definition) is 2. The Labute approximate surface area is 211 Å². The molecule has 0 atom stereocenters. The van der Waals surface area contributed by atoms with Gasteiger partial charge >= 0.3 is 6.03 Å². The van der Waals surface area contributed by atoms with Gasteiger partial charge in [-0.15, -0.1) is 0 Å². The van der Waals surface area contributed by atoms with Crippen molar-refractivity contribution in [3.8, 4) is 0 Å². The summed E-state index contributed by atoms with van der Waals surface area (Å²) in [6.45, 7) is 5.66. The van der Waals surface area contributed by atoms with E-state index < -0.39 is 0 Å². The summed E-state index contributed by atoms with van der Waals surface area (Å²) >= 11 is 6.28. The quantitative estimate of drug-likeness (QED) is 0.443. The number of nitrogens with two attached hydrogens (primary N) is 1. The maximum Gasteiger partial charge on any atom is 0.337 e. The molecule has 2 amide bonds. The molecule has 186 valence electrons. The highest BCUT2D eigenvalue weighted by Crippen LogP contribution is 2.25. The molecular formula is C27H33ClFN5O. The number of carbonyl (C=O) groups is 1. The summed E-state index contributed by atoms with van der Waals surface area (Å²) in [5.74, 6) is -0.356. The maximum absolute atomic E-state index is 13.6. The zero-order valence-corrected chi connectivity index (χ0v) is 20.9. The minimum Gasteiger partial charge on any atom is -0.404 e. The zero-order chi connectivity index (χ0) is 24.8. The smallest absolute Gasteiger partial charge is 0.337 e. The number of benzene rings is 2. The third kappa shape index (κ3) is 6.41. The van der Waals surface area contributed by atoms with Crippen molar-refractivity contribution in [2.24, 2.45) is 10.8 Å². The van der Waals surface area contributed by atoms with E-state index in [2.05, 4.69) is 15.4 Å². The molecule has 0 unspecified atom stereocenters. The number of piperidine rings is 2. The molecule has 0 radical (unpaired) electrons. The Kier molecular flexibility index (Phi) is 8.42. The first-order valence-corrected chi connectivity index (χ1v) is 12.6. The molecule has 0 bridgehead atoms. The Hall–Kier alpha value is -2.90. The Morgan fingerprint density at radius 2 is 1.74 bits per heavy atom. The van der Waals surface area contributed by atoms with Gasteiger partial charge in [0.1, 0.15) is 5.82 Å². The average molecular weight is 498 g/mol. The molecule has 2 aliphatic heterocycles. The van der Waals surface area contributed by atoms with E-state index in [0.29, 0.717) is 41.0 Å². The SMILES string of the molecule is Cc1cc(Cl)cc(C(=CN)C(=NNC(=O)N2CCC(N3CCCCC3)CC2)c2ccc(F)cc2)c1. The Balaban J connectivity index is 1.51. The normalized spacial score (nSPS) is 18.5. The molecule has 2 aliphatic rings. The molecule has 2 saturated heterocycles. The summed E-state index contributed by atoms with van der Waals surface area (Å²) in [4.78, 5) is 17.4. The molecule has 2 aromatic rings. The van der Waals surface area contributed by atoms with Crippen molar-refractivity contribution in [3.63, 3.8) is 0 Å². The number of likely N-dealkylation sites (tertiary alicyclic amines) is 2. The highest BCUT2D eigenvalue weighted by Gasteiger charge is 2.27. The van der Waals surface area contributed by atoms with Crippen molar-refractivity contribution in [2.45, 2.75) is 45.1 Å². The van der Waals surface area contributed by atoms with Crippen molar-refractivity contribution < 1.29 is 9.18 Å². The lowest BCUT2D eigenvalue weighted by molar-refractivity contribution is 0.101. The van der Waals surface area contributed by atoms with E-state index in [-0.39, 0.29) is 11.8 Å². The van der Waals surface area contributed by atoms with Crippen LogP contribution >= 0.6 is 11.6 Å². The van der Waals surface area contributed by atoms with Gasteiger partial charge in [0, 0.05) is 41.5 Å². The van der Waals surface area contributed by atoms with E-state index in [1.54, 1.807) is 18.2 Å². The van der Waals surface area contributed by atoms with Crippen LogP contribution in [0.4, 0.5) is 9.18 Å². The van der Waals surface area contributed by atoms with E-state index in [1.165, 1.54) is 50.7 Å². The topological polar surface area (TPSA) is 74.0 Å². The van der Waals surface area contributed by atoms with Crippen molar-refractivity contribution in [3.05, 3.63) is 76.2 Å². The molecule has 3 N–H and O–H groups in total. The van der Waals surface area contributed by atoms with Crippen LogP contribution in [0.1, 0.15) is 48.8 Å². The Morgan fingerprint density at radius 3 is 2.37 bits per heavy atom. The molecule has 0 aromatic heterocycles. The van der Waals surface area contributed by atoms with Gasteiger partial charge in [0.15, 0.2) is 0 Å². The van der Waals surface area contributed by atoms with Crippen LogP contribution in [0.3, 0.4) is 0 Å². The molecule has 2 heterocycles. The number of aryl methyl sites for hydroxylation is 1. The molecule has 8 heteroatoms. The van der Waals surface area contributed by atoms with Crippen LogP contribution in [0.25, 0.3) is 5.57 Å². The van der Waals surface area contributed by atoms with Crippen LogP contribution in [0.2, 0.25) is 5.02 Å². The van der Waals surface area contributed by atoms with Gasteiger partial charge in [0.05, 0.1) is 5.71 Å². The fourth-order valence-corrected chi connectivity index (χ4v) is 5.27. The first kappa shape index (κ1) is 25.2. The highest BCUT2D eigenvalue weighted by atomic mass is 35.5. The van der Waals surface area contributed by atoms with Gasteiger partial charge in [-0.1, -0.05) is 24.1 Å². The second-order valence-corrected chi connectivity index (χ2v) is 9.73. The lowest BCUT2D eigenvalue weighted by Crippen LogP contribution is -2.50. The summed E-state index contributed by atoms with van der Waals surface area (Å²) in [6, 6.07) is 11.8. The maximum atomic E-state index is 13.6.